The van der Waals surface area contributed by atoms with Gasteiger partial charge in [0.1, 0.15) is 0 Å². The molecule has 1 saturated heterocycles. The van der Waals surface area contributed by atoms with Gasteiger partial charge >= 0.3 is 0 Å². The Bertz CT molecular complexity index is 572. The Hall–Kier alpha value is -0.950. The average molecular weight is 297 g/mol. The number of rotatable bonds is 5. The molecule has 1 heterocycles. The third kappa shape index (κ3) is 3.58. The molecule has 1 aliphatic heterocycles. The first-order valence-corrected chi connectivity index (χ1v) is 8.38. The van der Waals surface area contributed by atoms with E-state index in [1.54, 1.807) is 18.2 Å². The lowest BCUT2D eigenvalue weighted by atomic mass is 10.1. The van der Waals surface area contributed by atoms with Gasteiger partial charge in [-0.15, -0.1) is 0 Å². The molecule has 0 saturated carbocycles. The number of nitrogens with one attached hydrogen (secondary N) is 1. The molecule has 6 heteroatoms. The fraction of sp³-hybridized carbons (Fsp3) is 0.571. The molecule has 5 nitrogen and oxygen atoms in total. The smallest absolute Gasteiger partial charge is 0.240 e. The van der Waals surface area contributed by atoms with E-state index in [4.69, 9.17) is 5.73 Å². The molecule has 0 spiro atoms. The number of nitrogens with zero attached hydrogens (tertiary/aromatic N) is 1. The SMILES string of the molecule is Cc1ccc(S(=O)(=O)NCC2CCN(C)C2)cc1CN. The van der Waals surface area contributed by atoms with Crippen molar-refractivity contribution in [3.8, 4) is 0 Å². The molecule has 1 fully saturated rings. The maximum atomic E-state index is 12.3. The van der Waals surface area contributed by atoms with Crippen molar-refractivity contribution in [3.05, 3.63) is 29.3 Å². The summed E-state index contributed by atoms with van der Waals surface area (Å²) in [6.45, 7) is 4.76. The van der Waals surface area contributed by atoms with E-state index in [2.05, 4.69) is 16.7 Å². The van der Waals surface area contributed by atoms with Crippen molar-refractivity contribution in [2.75, 3.05) is 26.7 Å². The average Bonchev–Trinajstić information content (AvgIpc) is 2.83. The van der Waals surface area contributed by atoms with Crippen LogP contribution in [0.2, 0.25) is 0 Å². The predicted molar refractivity (Wildman–Crippen MR) is 79.9 cm³/mol. The number of hydrogen-bond donors (Lipinski definition) is 2. The van der Waals surface area contributed by atoms with E-state index in [1.807, 2.05) is 6.92 Å². The first kappa shape index (κ1) is 15.4. The highest BCUT2D eigenvalue weighted by Crippen LogP contribution is 2.17. The molecule has 0 radical (unpaired) electrons. The number of likely N-dealkylation sites (tertiary alicyclic amines) is 1. The fourth-order valence-corrected chi connectivity index (χ4v) is 3.71. The lowest BCUT2D eigenvalue weighted by Gasteiger charge is -2.13. The van der Waals surface area contributed by atoms with Crippen LogP contribution >= 0.6 is 0 Å². The Balaban J connectivity index is 2.06. The van der Waals surface area contributed by atoms with E-state index < -0.39 is 10.0 Å². The summed E-state index contributed by atoms with van der Waals surface area (Å²) in [6.07, 6.45) is 1.04. The van der Waals surface area contributed by atoms with Gasteiger partial charge in [0.15, 0.2) is 0 Å². The minimum Gasteiger partial charge on any atom is -0.326 e. The first-order chi connectivity index (χ1) is 9.42. The van der Waals surface area contributed by atoms with Crippen molar-refractivity contribution in [3.63, 3.8) is 0 Å². The van der Waals surface area contributed by atoms with Crippen LogP contribution in [0.5, 0.6) is 0 Å². The topological polar surface area (TPSA) is 75.4 Å². The Morgan fingerprint density at radius 2 is 2.20 bits per heavy atom. The van der Waals surface area contributed by atoms with Crippen molar-refractivity contribution >= 4 is 10.0 Å². The molecule has 0 amide bonds. The standard InChI is InChI=1S/C14H23N3O2S/c1-11-3-4-14(7-13(11)8-15)20(18,19)16-9-12-5-6-17(2)10-12/h3-4,7,12,16H,5-6,8-10,15H2,1-2H3. The number of hydrogen-bond acceptors (Lipinski definition) is 4. The highest BCUT2D eigenvalue weighted by atomic mass is 32.2. The van der Waals surface area contributed by atoms with Crippen LogP contribution in [0.1, 0.15) is 17.5 Å². The van der Waals surface area contributed by atoms with Gasteiger partial charge in [0.25, 0.3) is 0 Å². The summed E-state index contributed by atoms with van der Waals surface area (Å²) in [5.74, 6) is 0.397. The largest absolute Gasteiger partial charge is 0.326 e. The minimum absolute atomic E-state index is 0.301. The van der Waals surface area contributed by atoms with Gasteiger partial charge in [0.05, 0.1) is 4.90 Å². The van der Waals surface area contributed by atoms with Crippen LogP contribution in [0.4, 0.5) is 0 Å². The van der Waals surface area contributed by atoms with E-state index in [0.717, 1.165) is 30.6 Å². The van der Waals surface area contributed by atoms with Crippen LogP contribution in [0.3, 0.4) is 0 Å². The molecule has 0 aliphatic carbocycles. The van der Waals surface area contributed by atoms with E-state index in [-0.39, 0.29) is 0 Å². The second kappa shape index (κ2) is 6.22. The van der Waals surface area contributed by atoms with Crippen LogP contribution < -0.4 is 10.5 Å². The summed E-state index contributed by atoms with van der Waals surface area (Å²) in [7, 11) is -1.38. The van der Waals surface area contributed by atoms with Crippen molar-refractivity contribution in [1.29, 1.82) is 0 Å². The monoisotopic (exact) mass is 297 g/mol. The Labute approximate surface area is 121 Å². The number of aryl methyl sites for hydroxylation is 1. The summed E-state index contributed by atoms with van der Waals surface area (Å²) in [4.78, 5) is 2.52. The second-order valence-corrected chi connectivity index (χ2v) is 7.33. The fourth-order valence-electron chi connectivity index (χ4n) is 2.54. The molecular formula is C14H23N3O2S. The molecule has 0 bridgehead atoms. The highest BCUT2D eigenvalue weighted by molar-refractivity contribution is 7.89. The Morgan fingerprint density at radius 1 is 1.45 bits per heavy atom. The predicted octanol–water partition coefficient (Wildman–Crippen LogP) is 0.684. The Kier molecular flexibility index (Phi) is 4.80. The van der Waals surface area contributed by atoms with Crippen molar-refractivity contribution in [2.45, 2.75) is 24.8 Å². The van der Waals surface area contributed by atoms with Crippen LogP contribution in [0.15, 0.2) is 23.1 Å². The number of nitrogens with two attached hydrogens (primary N) is 1. The molecule has 1 aromatic carbocycles. The molecular weight excluding hydrogens is 274 g/mol. The lowest BCUT2D eigenvalue weighted by Crippen LogP contribution is -2.30. The van der Waals surface area contributed by atoms with Gasteiger partial charge in [-0.2, -0.15) is 0 Å². The van der Waals surface area contributed by atoms with Crippen LogP contribution in [-0.2, 0) is 16.6 Å². The maximum absolute atomic E-state index is 12.3. The van der Waals surface area contributed by atoms with Crippen molar-refractivity contribution in [2.24, 2.45) is 11.7 Å². The molecule has 1 atom stereocenters. The number of benzene rings is 1. The van der Waals surface area contributed by atoms with Gasteiger partial charge in [-0.1, -0.05) is 6.07 Å². The van der Waals surface area contributed by atoms with E-state index in [9.17, 15) is 8.42 Å². The summed E-state index contributed by atoms with van der Waals surface area (Å²) >= 11 is 0. The minimum atomic E-state index is -3.44. The molecule has 112 valence electrons. The molecule has 1 unspecified atom stereocenters. The molecule has 1 aliphatic rings. The summed E-state index contributed by atoms with van der Waals surface area (Å²) in [6, 6.07) is 5.11. The first-order valence-electron chi connectivity index (χ1n) is 6.90. The molecule has 2 rings (SSSR count). The van der Waals surface area contributed by atoms with Gasteiger partial charge < -0.3 is 10.6 Å². The third-order valence-corrected chi connectivity index (χ3v) is 5.32. The summed E-state index contributed by atoms with van der Waals surface area (Å²) in [5, 5.41) is 0. The second-order valence-electron chi connectivity index (χ2n) is 5.56. The van der Waals surface area contributed by atoms with Gasteiger partial charge in [-0.05, 0) is 56.1 Å². The number of sulfonamides is 1. The molecule has 0 aromatic heterocycles. The van der Waals surface area contributed by atoms with Gasteiger partial charge in [0, 0.05) is 19.6 Å². The van der Waals surface area contributed by atoms with Crippen LogP contribution in [0.25, 0.3) is 0 Å². The molecule has 1 aromatic rings. The summed E-state index contributed by atoms with van der Waals surface area (Å²) in [5.41, 5.74) is 7.52. The van der Waals surface area contributed by atoms with E-state index >= 15 is 0 Å². The summed E-state index contributed by atoms with van der Waals surface area (Å²) < 4.78 is 27.3. The van der Waals surface area contributed by atoms with Crippen molar-refractivity contribution in [1.82, 2.24) is 9.62 Å². The lowest BCUT2D eigenvalue weighted by molar-refractivity contribution is 0.394. The zero-order valence-corrected chi connectivity index (χ0v) is 12.9. The van der Waals surface area contributed by atoms with E-state index in [1.165, 1.54) is 0 Å². The normalized spacial score (nSPS) is 20.4. The third-order valence-electron chi connectivity index (χ3n) is 3.90. The molecule has 20 heavy (non-hydrogen) atoms. The maximum Gasteiger partial charge on any atom is 0.240 e. The van der Waals surface area contributed by atoms with Crippen LogP contribution in [-0.4, -0.2) is 40.0 Å². The van der Waals surface area contributed by atoms with E-state index in [0.29, 0.717) is 23.9 Å². The zero-order chi connectivity index (χ0) is 14.8. The Morgan fingerprint density at radius 3 is 2.80 bits per heavy atom. The van der Waals surface area contributed by atoms with Crippen LogP contribution in [0, 0.1) is 12.8 Å². The van der Waals surface area contributed by atoms with Crippen molar-refractivity contribution < 1.29 is 8.42 Å². The zero-order valence-electron chi connectivity index (χ0n) is 12.1. The quantitative estimate of drug-likeness (QED) is 0.838. The highest BCUT2D eigenvalue weighted by Gasteiger charge is 2.22. The van der Waals surface area contributed by atoms with Gasteiger partial charge in [-0.3, -0.25) is 0 Å². The molecule has 3 N–H and O–H groups in total. The van der Waals surface area contributed by atoms with Gasteiger partial charge in [0.2, 0.25) is 10.0 Å². The van der Waals surface area contributed by atoms with Gasteiger partial charge in [-0.25, -0.2) is 13.1 Å².